The molecule has 5 heteroatoms. The van der Waals surface area contributed by atoms with Crippen molar-refractivity contribution >= 4 is 5.69 Å². The summed E-state index contributed by atoms with van der Waals surface area (Å²) in [4.78, 5) is 0. The molecule has 0 saturated heterocycles. The van der Waals surface area contributed by atoms with Crippen LogP contribution in [0.25, 0.3) is 0 Å². The van der Waals surface area contributed by atoms with Crippen molar-refractivity contribution in [3.8, 4) is 0 Å². The highest BCUT2D eigenvalue weighted by Crippen LogP contribution is 2.24. The summed E-state index contributed by atoms with van der Waals surface area (Å²) >= 11 is 0. The molecule has 2 N–H and O–H groups in total. The molecule has 2 aromatic rings. The number of hydrogen-bond acceptors (Lipinski definition) is 3. The monoisotopic (exact) mass is 233 g/mol. The van der Waals surface area contributed by atoms with E-state index in [1.165, 1.54) is 5.56 Å². The molecule has 2 rings (SSSR count). The molecule has 0 aliphatic heterocycles. The minimum atomic E-state index is 0.0642. The van der Waals surface area contributed by atoms with Gasteiger partial charge in [-0.1, -0.05) is 20.8 Å². The van der Waals surface area contributed by atoms with Crippen LogP contribution in [0, 0.1) is 0 Å². The lowest BCUT2D eigenvalue weighted by Gasteiger charge is -2.17. The molecule has 92 valence electrons. The SMILES string of the molecule is Cn1cc(CNc2cn[nH]c2)c(C(C)(C)C)n1. The van der Waals surface area contributed by atoms with E-state index in [4.69, 9.17) is 0 Å². The normalized spacial score (nSPS) is 11.8. The van der Waals surface area contributed by atoms with E-state index in [2.05, 4.69) is 47.6 Å². The smallest absolute Gasteiger partial charge is 0.0727 e. The topological polar surface area (TPSA) is 58.5 Å². The van der Waals surface area contributed by atoms with Gasteiger partial charge in [0, 0.05) is 37.0 Å². The van der Waals surface area contributed by atoms with Gasteiger partial charge in [0.05, 0.1) is 17.6 Å². The van der Waals surface area contributed by atoms with Crippen molar-refractivity contribution in [2.45, 2.75) is 32.7 Å². The Morgan fingerprint density at radius 2 is 2.18 bits per heavy atom. The van der Waals surface area contributed by atoms with Crippen LogP contribution < -0.4 is 5.32 Å². The Hall–Kier alpha value is -1.78. The highest BCUT2D eigenvalue weighted by atomic mass is 15.3. The summed E-state index contributed by atoms with van der Waals surface area (Å²) in [5.74, 6) is 0. The number of anilines is 1. The molecule has 0 bridgehead atoms. The largest absolute Gasteiger partial charge is 0.378 e. The standard InChI is InChI=1S/C12H19N5/c1-12(2,3)11-9(8-17(4)16-11)5-13-10-6-14-15-7-10/h6-8,13H,5H2,1-4H3,(H,14,15). The summed E-state index contributed by atoms with van der Waals surface area (Å²) in [7, 11) is 1.95. The molecule has 0 fully saturated rings. The third-order valence-corrected chi connectivity index (χ3v) is 2.60. The molecular weight excluding hydrogens is 214 g/mol. The molecule has 0 amide bonds. The number of nitrogens with zero attached hydrogens (tertiary/aromatic N) is 3. The molecule has 0 aliphatic carbocycles. The summed E-state index contributed by atoms with van der Waals surface area (Å²) in [5.41, 5.74) is 3.42. The van der Waals surface area contributed by atoms with E-state index in [0.29, 0.717) is 0 Å². The fraction of sp³-hybridized carbons (Fsp3) is 0.500. The maximum atomic E-state index is 4.54. The molecule has 0 radical (unpaired) electrons. The molecule has 0 unspecified atom stereocenters. The predicted octanol–water partition coefficient (Wildman–Crippen LogP) is 2.05. The summed E-state index contributed by atoms with van der Waals surface area (Å²) in [6.45, 7) is 7.30. The molecular formula is C12H19N5. The van der Waals surface area contributed by atoms with Gasteiger partial charge in [0.15, 0.2) is 0 Å². The highest BCUT2D eigenvalue weighted by Gasteiger charge is 2.21. The van der Waals surface area contributed by atoms with E-state index in [0.717, 1.165) is 17.9 Å². The molecule has 2 heterocycles. The van der Waals surface area contributed by atoms with Crippen molar-refractivity contribution in [1.82, 2.24) is 20.0 Å². The van der Waals surface area contributed by atoms with Crippen LogP contribution in [0.5, 0.6) is 0 Å². The van der Waals surface area contributed by atoms with Crippen molar-refractivity contribution < 1.29 is 0 Å². The third kappa shape index (κ3) is 2.67. The van der Waals surface area contributed by atoms with E-state index in [9.17, 15) is 0 Å². The average Bonchev–Trinajstić information content (AvgIpc) is 2.82. The summed E-state index contributed by atoms with van der Waals surface area (Å²) in [6.07, 6.45) is 5.67. The van der Waals surface area contributed by atoms with Crippen LogP contribution in [0.3, 0.4) is 0 Å². The van der Waals surface area contributed by atoms with Crippen LogP contribution in [0.15, 0.2) is 18.6 Å². The summed E-state index contributed by atoms with van der Waals surface area (Å²) in [6, 6.07) is 0. The number of rotatable bonds is 3. The Bertz CT molecular complexity index is 475. The van der Waals surface area contributed by atoms with Crippen LogP contribution in [0.4, 0.5) is 5.69 Å². The van der Waals surface area contributed by atoms with Crippen molar-refractivity contribution in [2.75, 3.05) is 5.32 Å². The number of aryl methyl sites for hydroxylation is 1. The van der Waals surface area contributed by atoms with E-state index in [1.807, 2.05) is 17.9 Å². The quantitative estimate of drug-likeness (QED) is 0.853. The van der Waals surface area contributed by atoms with Gasteiger partial charge in [-0.05, 0) is 0 Å². The Morgan fingerprint density at radius 1 is 1.41 bits per heavy atom. The number of aromatic nitrogens is 4. The maximum Gasteiger partial charge on any atom is 0.0727 e. The number of hydrogen-bond donors (Lipinski definition) is 2. The highest BCUT2D eigenvalue weighted by molar-refractivity contribution is 5.39. The zero-order valence-corrected chi connectivity index (χ0v) is 10.8. The van der Waals surface area contributed by atoms with Crippen LogP contribution in [-0.4, -0.2) is 20.0 Å². The molecule has 0 atom stereocenters. The summed E-state index contributed by atoms with van der Waals surface area (Å²) in [5, 5.41) is 14.5. The Labute approximate surface area is 101 Å². The van der Waals surface area contributed by atoms with Gasteiger partial charge in [0.2, 0.25) is 0 Å². The van der Waals surface area contributed by atoms with Gasteiger partial charge in [-0.25, -0.2) is 0 Å². The molecule has 2 aromatic heterocycles. The fourth-order valence-electron chi connectivity index (χ4n) is 1.84. The first kappa shape index (κ1) is 11.7. The van der Waals surface area contributed by atoms with Crippen molar-refractivity contribution in [3.05, 3.63) is 29.8 Å². The van der Waals surface area contributed by atoms with Gasteiger partial charge in [0.1, 0.15) is 0 Å². The second-order valence-electron chi connectivity index (χ2n) is 5.27. The Kier molecular flexibility index (Phi) is 2.92. The molecule has 17 heavy (non-hydrogen) atoms. The summed E-state index contributed by atoms with van der Waals surface area (Å²) < 4.78 is 1.87. The van der Waals surface area contributed by atoms with Gasteiger partial charge in [0.25, 0.3) is 0 Å². The van der Waals surface area contributed by atoms with Gasteiger partial charge < -0.3 is 5.32 Å². The fourth-order valence-corrected chi connectivity index (χ4v) is 1.84. The van der Waals surface area contributed by atoms with E-state index >= 15 is 0 Å². The van der Waals surface area contributed by atoms with Crippen molar-refractivity contribution in [2.24, 2.45) is 7.05 Å². The lowest BCUT2D eigenvalue weighted by Crippen LogP contribution is -2.16. The first-order chi connectivity index (χ1) is 7.97. The van der Waals surface area contributed by atoms with Gasteiger partial charge in [-0.2, -0.15) is 10.2 Å². The van der Waals surface area contributed by atoms with Gasteiger partial charge >= 0.3 is 0 Å². The molecule has 5 nitrogen and oxygen atoms in total. The Balaban J connectivity index is 2.15. The second kappa shape index (κ2) is 4.24. The number of nitrogens with one attached hydrogen (secondary N) is 2. The zero-order chi connectivity index (χ0) is 12.5. The van der Waals surface area contributed by atoms with Gasteiger partial charge in [-0.3, -0.25) is 9.78 Å². The predicted molar refractivity (Wildman–Crippen MR) is 67.8 cm³/mol. The molecule has 0 aliphatic rings. The average molecular weight is 233 g/mol. The van der Waals surface area contributed by atoms with Crippen LogP contribution in [0.2, 0.25) is 0 Å². The molecule has 0 spiro atoms. The van der Waals surface area contributed by atoms with E-state index in [1.54, 1.807) is 6.20 Å². The first-order valence-corrected chi connectivity index (χ1v) is 5.72. The second-order valence-corrected chi connectivity index (χ2v) is 5.27. The lowest BCUT2D eigenvalue weighted by molar-refractivity contribution is 0.549. The van der Waals surface area contributed by atoms with Gasteiger partial charge in [-0.15, -0.1) is 0 Å². The Morgan fingerprint density at radius 3 is 2.76 bits per heavy atom. The first-order valence-electron chi connectivity index (χ1n) is 5.72. The minimum absolute atomic E-state index is 0.0642. The molecule has 0 saturated carbocycles. The van der Waals surface area contributed by atoms with Crippen molar-refractivity contribution in [1.29, 1.82) is 0 Å². The van der Waals surface area contributed by atoms with E-state index < -0.39 is 0 Å². The molecule has 0 aromatic carbocycles. The van der Waals surface area contributed by atoms with Crippen LogP contribution in [0.1, 0.15) is 32.0 Å². The number of aromatic amines is 1. The van der Waals surface area contributed by atoms with Crippen LogP contribution in [-0.2, 0) is 19.0 Å². The van der Waals surface area contributed by atoms with E-state index in [-0.39, 0.29) is 5.41 Å². The zero-order valence-electron chi connectivity index (χ0n) is 10.8. The maximum absolute atomic E-state index is 4.54. The minimum Gasteiger partial charge on any atom is -0.378 e. The third-order valence-electron chi connectivity index (χ3n) is 2.60. The lowest BCUT2D eigenvalue weighted by atomic mass is 9.89. The number of H-pyrrole nitrogens is 1. The van der Waals surface area contributed by atoms with Crippen molar-refractivity contribution in [3.63, 3.8) is 0 Å². The van der Waals surface area contributed by atoms with Crippen LogP contribution >= 0.6 is 0 Å².